The van der Waals surface area contributed by atoms with Crippen molar-refractivity contribution in [3.05, 3.63) is 78.4 Å². The first-order valence-electron chi connectivity index (χ1n) is 9.41. The molecule has 0 bridgehead atoms. The van der Waals surface area contributed by atoms with Gasteiger partial charge in [-0.25, -0.2) is 9.07 Å². The maximum atomic E-state index is 12.9. The molecule has 29 heavy (non-hydrogen) atoms. The topological polar surface area (TPSA) is 50.6 Å². The van der Waals surface area contributed by atoms with E-state index >= 15 is 0 Å². The van der Waals surface area contributed by atoms with E-state index in [1.807, 2.05) is 48.5 Å². The molecule has 0 fully saturated rings. The van der Waals surface area contributed by atoms with Crippen LogP contribution in [-0.4, -0.2) is 59.3 Å². The molecule has 0 saturated carbocycles. The van der Waals surface area contributed by atoms with E-state index in [2.05, 4.69) is 5.10 Å². The molecule has 0 aliphatic rings. The summed E-state index contributed by atoms with van der Waals surface area (Å²) in [5.41, 5.74) is 1.95. The molecular formula is C22H25FN4O2. The van der Waals surface area contributed by atoms with Crippen LogP contribution in [0.3, 0.4) is 0 Å². The molecule has 0 unspecified atom stereocenters. The first-order chi connectivity index (χ1) is 14.0. The molecule has 152 valence electrons. The van der Waals surface area contributed by atoms with Crippen LogP contribution in [0.1, 0.15) is 5.56 Å². The molecular weight excluding hydrogens is 371 g/mol. The molecule has 1 aromatic heterocycles. The Morgan fingerprint density at radius 3 is 2.55 bits per heavy atom. The first kappa shape index (κ1) is 20.5. The summed E-state index contributed by atoms with van der Waals surface area (Å²) in [4.78, 5) is 16.1. The second-order valence-electron chi connectivity index (χ2n) is 6.92. The molecule has 2 aromatic carbocycles. The van der Waals surface area contributed by atoms with Crippen LogP contribution in [0.2, 0.25) is 0 Å². The average molecular weight is 396 g/mol. The quantitative estimate of drug-likeness (QED) is 0.558. The van der Waals surface area contributed by atoms with E-state index < -0.39 is 0 Å². The molecule has 0 N–H and O–H groups in total. The van der Waals surface area contributed by atoms with E-state index in [1.54, 1.807) is 35.0 Å². The number of likely N-dealkylation sites (N-methyl/N-ethyl adjacent to an activating group) is 2. The van der Waals surface area contributed by atoms with E-state index in [0.717, 1.165) is 11.3 Å². The first-order valence-corrected chi connectivity index (χ1v) is 9.41. The number of amides is 1. The van der Waals surface area contributed by atoms with Crippen molar-refractivity contribution in [1.82, 2.24) is 19.6 Å². The van der Waals surface area contributed by atoms with Crippen LogP contribution in [0.25, 0.3) is 5.69 Å². The van der Waals surface area contributed by atoms with Crippen molar-refractivity contribution in [2.45, 2.75) is 6.54 Å². The van der Waals surface area contributed by atoms with Crippen molar-refractivity contribution in [3.8, 4) is 11.4 Å². The molecule has 0 spiro atoms. The Labute approximate surface area is 170 Å². The molecule has 7 heteroatoms. The molecule has 6 nitrogen and oxygen atoms in total. The number of hydrogen-bond acceptors (Lipinski definition) is 4. The highest BCUT2D eigenvalue weighted by Gasteiger charge is 2.13. The molecule has 0 aliphatic carbocycles. The highest BCUT2D eigenvalue weighted by molar-refractivity contribution is 5.77. The highest BCUT2D eigenvalue weighted by atomic mass is 19.1. The third-order valence-electron chi connectivity index (χ3n) is 4.46. The van der Waals surface area contributed by atoms with Crippen molar-refractivity contribution < 1.29 is 13.9 Å². The van der Waals surface area contributed by atoms with E-state index in [9.17, 15) is 9.18 Å². The maximum absolute atomic E-state index is 12.9. The molecule has 3 rings (SSSR count). The minimum atomic E-state index is -0.294. The van der Waals surface area contributed by atoms with Crippen molar-refractivity contribution in [1.29, 1.82) is 0 Å². The van der Waals surface area contributed by atoms with Crippen molar-refractivity contribution in [2.24, 2.45) is 0 Å². The molecule has 0 aliphatic heterocycles. The Hall–Kier alpha value is -3.19. The fraction of sp³-hybridized carbons (Fsp3) is 0.273. The number of hydrogen-bond donors (Lipinski definition) is 0. The highest BCUT2D eigenvalue weighted by Crippen LogP contribution is 2.11. The number of carbonyl (C=O) groups excluding carboxylic acids is 1. The largest absolute Gasteiger partial charge is 0.492 e. The Morgan fingerprint density at radius 2 is 1.83 bits per heavy atom. The Bertz CT molecular complexity index is 912. The fourth-order valence-electron chi connectivity index (χ4n) is 2.81. The SMILES string of the molecule is CN(CCOc1ccc(F)cc1)CC(=O)N(C)Cc1cnn(-c2ccccc2)c1. The van der Waals surface area contributed by atoms with Crippen molar-refractivity contribution in [3.63, 3.8) is 0 Å². The van der Waals surface area contributed by atoms with E-state index in [-0.39, 0.29) is 18.3 Å². The Morgan fingerprint density at radius 1 is 1.10 bits per heavy atom. The van der Waals surface area contributed by atoms with Crippen molar-refractivity contribution >= 4 is 5.91 Å². The van der Waals surface area contributed by atoms with Crippen LogP contribution < -0.4 is 4.74 Å². The van der Waals surface area contributed by atoms with Gasteiger partial charge in [0, 0.05) is 31.9 Å². The van der Waals surface area contributed by atoms with Crippen LogP contribution in [-0.2, 0) is 11.3 Å². The van der Waals surface area contributed by atoms with E-state index in [0.29, 0.717) is 25.4 Å². The molecule has 0 saturated heterocycles. The lowest BCUT2D eigenvalue weighted by atomic mass is 10.3. The summed E-state index contributed by atoms with van der Waals surface area (Å²) in [5, 5.41) is 4.36. The van der Waals surface area contributed by atoms with Gasteiger partial charge in [-0.15, -0.1) is 0 Å². The molecule has 3 aromatic rings. The van der Waals surface area contributed by atoms with Gasteiger partial charge >= 0.3 is 0 Å². The summed E-state index contributed by atoms with van der Waals surface area (Å²) in [6.45, 7) is 1.79. The van der Waals surface area contributed by atoms with Gasteiger partial charge < -0.3 is 9.64 Å². The Balaban J connectivity index is 1.42. The van der Waals surface area contributed by atoms with Gasteiger partial charge in [0.05, 0.1) is 18.4 Å². The van der Waals surface area contributed by atoms with Gasteiger partial charge in [0.15, 0.2) is 0 Å². The number of halogens is 1. The summed E-state index contributed by atoms with van der Waals surface area (Å²) in [6, 6.07) is 15.7. The fourth-order valence-corrected chi connectivity index (χ4v) is 2.81. The lowest BCUT2D eigenvalue weighted by molar-refractivity contribution is -0.131. The summed E-state index contributed by atoms with van der Waals surface area (Å²) >= 11 is 0. The van der Waals surface area contributed by atoms with Crippen LogP contribution in [0, 0.1) is 5.82 Å². The van der Waals surface area contributed by atoms with E-state index in [4.69, 9.17) is 4.74 Å². The standard InChI is InChI=1S/C22H25FN4O2/c1-25(12-13-29-21-10-8-19(23)9-11-21)17-22(28)26(2)15-18-14-24-27(16-18)20-6-4-3-5-7-20/h3-11,14,16H,12-13,15,17H2,1-2H3. The molecule has 0 atom stereocenters. The lowest BCUT2D eigenvalue weighted by Gasteiger charge is -2.21. The zero-order valence-corrected chi connectivity index (χ0v) is 16.7. The van der Waals surface area contributed by atoms with Gasteiger partial charge in [0.25, 0.3) is 0 Å². The minimum absolute atomic E-state index is 0.0155. The van der Waals surface area contributed by atoms with Crippen LogP contribution >= 0.6 is 0 Å². The average Bonchev–Trinajstić information content (AvgIpc) is 3.18. The van der Waals surface area contributed by atoms with E-state index in [1.165, 1.54) is 12.1 Å². The summed E-state index contributed by atoms with van der Waals surface area (Å²) in [6.07, 6.45) is 3.70. The third-order valence-corrected chi connectivity index (χ3v) is 4.46. The zero-order chi connectivity index (χ0) is 20.6. The smallest absolute Gasteiger partial charge is 0.236 e. The number of para-hydroxylation sites is 1. The second-order valence-corrected chi connectivity index (χ2v) is 6.92. The number of rotatable bonds is 9. The summed E-state index contributed by atoms with van der Waals surface area (Å²) < 4.78 is 20.3. The number of ether oxygens (including phenoxy) is 1. The third kappa shape index (κ3) is 6.15. The predicted molar refractivity (Wildman–Crippen MR) is 109 cm³/mol. The number of carbonyl (C=O) groups is 1. The summed E-state index contributed by atoms with van der Waals surface area (Å²) in [5.74, 6) is 0.331. The van der Waals surface area contributed by atoms with Crippen LogP contribution in [0.5, 0.6) is 5.75 Å². The number of benzene rings is 2. The lowest BCUT2D eigenvalue weighted by Crippen LogP contribution is -2.37. The van der Waals surface area contributed by atoms with Gasteiger partial charge in [0.1, 0.15) is 18.2 Å². The summed E-state index contributed by atoms with van der Waals surface area (Å²) in [7, 11) is 3.65. The minimum Gasteiger partial charge on any atom is -0.492 e. The predicted octanol–water partition coefficient (Wildman–Crippen LogP) is 2.98. The number of nitrogens with zero attached hydrogens (tertiary/aromatic N) is 4. The molecule has 1 heterocycles. The monoisotopic (exact) mass is 396 g/mol. The molecule has 0 radical (unpaired) electrons. The Kier molecular flexibility index (Phi) is 6.97. The second kappa shape index (κ2) is 9.84. The van der Waals surface area contributed by atoms with Gasteiger partial charge in [0.2, 0.25) is 5.91 Å². The molecule has 1 amide bonds. The zero-order valence-electron chi connectivity index (χ0n) is 16.7. The normalized spacial score (nSPS) is 10.9. The van der Waals surface area contributed by atoms with Gasteiger partial charge in [-0.1, -0.05) is 18.2 Å². The maximum Gasteiger partial charge on any atom is 0.236 e. The van der Waals surface area contributed by atoms with Gasteiger partial charge in [-0.2, -0.15) is 5.10 Å². The van der Waals surface area contributed by atoms with Gasteiger partial charge in [-0.3, -0.25) is 9.69 Å². The van der Waals surface area contributed by atoms with Gasteiger partial charge in [-0.05, 0) is 43.4 Å². The van der Waals surface area contributed by atoms with Crippen LogP contribution in [0.4, 0.5) is 4.39 Å². The van der Waals surface area contributed by atoms with Crippen molar-refractivity contribution in [2.75, 3.05) is 33.8 Å². The van der Waals surface area contributed by atoms with Crippen LogP contribution in [0.15, 0.2) is 67.0 Å². The number of aromatic nitrogens is 2.